The van der Waals surface area contributed by atoms with Gasteiger partial charge in [0.15, 0.2) is 0 Å². The lowest BCUT2D eigenvalue weighted by atomic mass is 10.1. The van der Waals surface area contributed by atoms with Crippen molar-refractivity contribution in [3.05, 3.63) is 47.8 Å². The third kappa shape index (κ3) is 4.85. The molecule has 1 fully saturated rings. The first-order valence-electron chi connectivity index (χ1n) is 9.23. The van der Waals surface area contributed by atoms with Crippen molar-refractivity contribution in [1.29, 1.82) is 0 Å². The predicted molar refractivity (Wildman–Crippen MR) is 107 cm³/mol. The molecular weight excluding hydrogens is 378 g/mol. The number of anilines is 1. The number of amides is 1. The van der Waals surface area contributed by atoms with Crippen LogP contribution >= 0.6 is 0 Å². The van der Waals surface area contributed by atoms with E-state index in [0.717, 1.165) is 11.1 Å². The number of hydrogen-bond donors (Lipinski definition) is 1. The second kappa shape index (κ2) is 8.66. The number of sulfonamides is 1. The third-order valence-corrected chi connectivity index (χ3v) is 6.35. The van der Waals surface area contributed by atoms with Crippen molar-refractivity contribution < 1.29 is 13.2 Å². The molecule has 9 heteroatoms. The minimum Gasteiger partial charge on any atom is -0.339 e. The van der Waals surface area contributed by atoms with Crippen molar-refractivity contribution in [1.82, 2.24) is 19.6 Å². The van der Waals surface area contributed by atoms with Crippen molar-refractivity contribution in [2.24, 2.45) is 0 Å². The standard InChI is InChI=1S/C19H25N5O3S/c1-15-4-5-17(14-16(15)2)28(26,27)22-9-6-18(25)23-10-12-24(13-11-23)19-20-7-3-8-21-19/h3-5,7-8,14,22H,6,9-13H2,1-2H3. The lowest BCUT2D eigenvalue weighted by Gasteiger charge is -2.34. The molecule has 3 rings (SSSR count). The zero-order valence-corrected chi connectivity index (χ0v) is 16.9. The Morgan fingerprint density at radius 2 is 1.75 bits per heavy atom. The molecular formula is C19H25N5O3S. The highest BCUT2D eigenvalue weighted by molar-refractivity contribution is 7.89. The van der Waals surface area contributed by atoms with Crippen LogP contribution in [0.4, 0.5) is 5.95 Å². The molecule has 28 heavy (non-hydrogen) atoms. The SMILES string of the molecule is Cc1ccc(S(=O)(=O)NCCC(=O)N2CCN(c3ncccn3)CC2)cc1C. The van der Waals surface area contributed by atoms with Crippen molar-refractivity contribution in [2.45, 2.75) is 25.2 Å². The molecule has 1 aliphatic heterocycles. The van der Waals surface area contributed by atoms with Crippen LogP contribution in [0.1, 0.15) is 17.5 Å². The molecule has 1 N–H and O–H groups in total. The maximum Gasteiger partial charge on any atom is 0.240 e. The van der Waals surface area contributed by atoms with E-state index in [1.807, 2.05) is 18.7 Å². The lowest BCUT2D eigenvalue weighted by molar-refractivity contribution is -0.131. The number of benzene rings is 1. The summed E-state index contributed by atoms with van der Waals surface area (Å²) in [5.74, 6) is 0.604. The van der Waals surface area contributed by atoms with Crippen molar-refractivity contribution in [3.63, 3.8) is 0 Å². The van der Waals surface area contributed by atoms with E-state index >= 15 is 0 Å². The van der Waals surface area contributed by atoms with E-state index in [1.165, 1.54) is 0 Å². The summed E-state index contributed by atoms with van der Waals surface area (Å²) in [4.78, 5) is 24.9. The van der Waals surface area contributed by atoms with Crippen LogP contribution in [0.25, 0.3) is 0 Å². The molecule has 2 aromatic rings. The van der Waals surface area contributed by atoms with E-state index in [-0.39, 0.29) is 23.8 Å². The zero-order chi connectivity index (χ0) is 20.1. The van der Waals surface area contributed by atoms with Crippen LogP contribution < -0.4 is 9.62 Å². The first-order valence-corrected chi connectivity index (χ1v) is 10.7. The van der Waals surface area contributed by atoms with Gasteiger partial charge >= 0.3 is 0 Å². The summed E-state index contributed by atoms with van der Waals surface area (Å²) >= 11 is 0. The number of carbonyl (C=O) groups is 1. The van der Waals surface area contributed by atoms with E-state index in [0.29, 0.717) is 32.1 Å². The molecule has 0 bridgehead atoms. The smallest absolute Gasteiger partial charge is 0.240 e. The Hall–Kier alpha value is -2.52. The Balaban J connectivity index is 1.47. The maximum atomic E-state index is 12.4. The summed E-state index contributed by atoms with van der Waals surface area (Å²) in [6.07, 6.45) is 3.52. The largest absolute Gasteiger partial charge is 0.339 e. The Labute approximate surface area is 165 Å². The molecule has 0 saturated carbocycles. The van der Waals surface area contributed by atoms with E-state index < -0.39 is 10.0 Å². The zero-order valence-electron chi connectivity index (χ0n) is 16.1. The van der Waals surface area contributed by atoms with Crippen LogP contribution in [-0.4, -0.2) is 61.9 Å². The predicted octanol–water partition coefficient (Wildman–Crippen LogP) is 1.11. The fraction of sp³-hybridized carbons (Fsp3) is 0.421. The molecule has 1 aromatic carbocycles. The quantitative estimate of drug-likeness (QED) is 0.776. The molecule has 1 aliphatic rings. The van der Waals surface area contributed by atoms with Crippen LogP contribution in [0, 0.1) is 13.8 Å². The summed E-state index contributed by atoms with van der Waals surface area (Å²) in [7, 11) is -3.62. The first-order chi connectivity index (χ1) is 13.4. The number of hydrogen-bond acceptors (Lipinski definition) is 6. The summed E-state index contributed by atoms with van der Waals surface area (Å²) in [6, 6.07) is 6.77. The number of aryl methyl sites for hydroxylation is 2. The van der Waals surface area contributed by atoms with Gasteiger partial charge in [-0.25, -0.2) is 23.1 Å². The molecule has 0 spiro atoms. The highest BCUT2D eigenvalue weighted by Gasteiger charge is 2.23. The van der Waals surface area contributed by atoms with Gasteiger partial charge in [0.05, 0.1) is 4.90 Å². The Morgan fingerprint density at radius 1 is 1.07 bits per heavy atom. The van der Waals surface area contributed by atoms with E-state index in [2.05, 4.69) is 14.7 Å². The number of nitrogens with one attached hydrogen (secondary N) is 1. The molecule has 8 nitrogen and oxygen atoms in total. The van der Waals surface area contributed by atoms with Gasteiger partial charge < -0.3 is 9.80 Å². The molecule has 0 radical (unpaired) electrons. The minimum absolute atomic E-state index is 0.0589. The highest BCUT2D eigenvalue weighted by Crippen LogP contribution is 2.15. The number of nitrogens with zero attached hydrogens (tertiary/aromatic N) is 4. The van der Waals surface area contributed by atoms with Gasteiger partial charge in [0.1, 0.15) is 0 Å². The number of aromatic nitrogens is 2. The molecule has 0 unspecified atom stereocenters. The monoisotopic (exact) mass is 403 g/mol. The number of rotatable bonds is 6. The van der Waals surface area contributed by atoms with Crippen LogP contribution in [0.15, 0.2) is 41.6 Å². The first kappa shape index (κ1) is 20.2. The van der Waals surface area contributed by atoms with Crippen molar-refractivity contribution in [3.8, 4) is 0 Å². The van der Waals surface area contributed by atoms with E-state index in [1.54, 1.807) is 41.6 Å². The Kier molecular flexibility index (Phi) is 6.25. The minimum atomic E-state index is -3.62. The highest BCUT2D eigenvalue weighted by atomic mass is 32.2. The summed E-state index contributed by atoms with van der Waals surface area (Å²) < 4.78 is 27.3. The molecule has 2 heterocycles. The van der Waals surface area contributed by atoms with Crippen LogP contribution in [-0.2, 0) is 14.8 Å². The van der Waals surface area contributed by atoms with Gasteiger partial charge in [-0.3, -0.25) is 4.79 Å². The van der Waals surface area contributed by atoms with E-state index in [9.17, 15) is 13.2 Å². The Bertz CT molecular complexity index is 926. The average molecular weight is 404 g/mol. The molecule has 1 amide bonds. The fourth-order valence-electron chi connectivity index (χ4n) is 3.03. The van der Waals surface area contributed by atoms with Crippen LogP contribution in [0.2, 0.25) is 0 Å². The van der Waals surface area contributed by atoms with Crippen LogP contribution in [0.5, 0.6) is 0 Å². The molecule has 0 atom stereocenters. The van der Waals surface area contributed by atoms with Crippen molar-refractivity contribution in [2.75, 3.05) is 37.6 Å². The summed E-state index contributed by atoms with van der Waals surface area (Å²) in [5, 5.41) is 0. The fourth-order valence-corrected chi connectivity index (χ4v) is 4.14. The molecule has 1 saturated heterocycles. The lowest BCUT2D eigenvalue weighted by Crippen LogP contribution is -2.49. The van der Waals surface area contributed by atoms with Gasteiger partial charge in [-0.2, -0.15) is 0 Å². The van der Waals surface area contributed by atoms with E-state index in [4.69, 9.17) is 0 Å². The summed E-state index contributed by atoms with van der Waals surface area (Å²) in [6.45, 7) is 6.34. The molecule has 0 aliphatic carbocycles. The average Bonchev–Trinajstić information content (AvgIpc) is 2.70. The maximum absolute atomic E-state index is 12.4. The van der Waals surface area contributed by atoms with Gasteiger partial charge in [-0.1, -0.05) is 6.07 Å². The van der Waals surface area contributed by atoms with Gasteiger partial charge in [0.2, 0.25) is 21.9 Å². The summed E-state index contributed by atoms with van der Waals surface area (Å²) in [5.41, 5.74) is 1.95. The van der Waals surface area contributed by atoms with Gasteiger partial charge in [-0.05, 0) is 43.2 Å². The van der Waals surface area contributed by atoms with Gasteiger partial charge in [0, 0.05) is 51.5 Å². The second-order valence-corrected chi connectivity index (χ2v) is 8.58. The number of piperazine rings is 1. The second-order valence-electron chi connectivity index (χ2n) is 6.81. The number of carbonyl (C=O) groups excluding carboxylic acids is 1. The molecule has 150 valence electrons. The van der Waals surface area contributed by atoms with Crippen LogP contribution in [0.3, 0.4) is 0 Å². The van der Waals surface area contributed by atoms with Crippen molar-refractivity contribution >= 4 is 21.9 Å². The Morgan fingerprint density at radius 3 is 2.39 bits per heavy atom. The van der Waals surface area contributed by atoms with Gasteiger partial charge in [-0.15, -0.1) is 0 Å². The van der Waals surface area contributed by atoms with Gasteiger partial charge in [0.25, 0.3) is 0 Å². The topological polar surface area (TPSA) is 95.5 Å². The third-order valence-electron chi connectivity index (χ3n) is 4.89. The molecule has 1 aromatic heterocycles. The normalized spacial score (nSPS) is 14.9.